The van der Waals surface area contributed by atoms with Gasteiger partial charge < -0.3 is 19.7 Å². The van der Waals surface area contributed by atoms with Gasteiger partial charge in [-0.15, -0.1) is 0 Å². The summed E-state index contributed by atoms with van der Waals surface area (Å²) in [6.45, 7) is 5.46. The number of aromatic amines is 1. The van der Waals surface area contributed by atoms with Crippen molar-refractivity contribution in [1.29, 1.82) is 0 Å². The van der Waals surface area contributed by atoms with Crippen molar-refractivity contribution in [1.82, 2.24) is 9.97 Å². The fourth-order valence-electron chi connectivity index (χ4n) is 3.35. The lowest BCUT2D eigenvalue weighted by Gasteiger charge is -2.33. The molecule has 1 unspecified atom stereocenters. The Morgan fingerprint density at radius 2 is 2.13 bits per heavy atom. The van der Waals surface area contributed by atoms with Crippen molar-refractivity contribution in [2.75, 3.05) is 29.9 Å². The molecule has 1 aliphatic rings. The van der Waals surface area contributed by atoms with Crippen molar-refractivity contribution in [3.05, 3.63) is 39.1 Å². The normalized spacial score (nSPS) is 16.8. The number of H-pyrrole nitrogens is 1. The Hall–Kier alpha value is -2.33. The number of aryl methyl sites for hydroxylation is 1. The number of carbonyl (C=O) groups is 2. The van der Waals surface area contributed by atoms with Crippen molar-refractivity contribution in [2.24, 2.45) is 0 Å². The lowest BCUT2D eigenvalue weighted by Crippen LogP contribution is -2.41. The second-order valence-corrected chi connectivity index (χ2v) is 8.79. The molecule has 1 amide bonds. The number of anilines is 2. The highest BCUT2D eigenvalue weighted by Crippen LogP contribution is 2.36. The molecule has 3 aromatic rings. The smallest absolute Gasteiger partial charge is 0.335 e. The number of halogens is 2. The third-order valence-electron chi connectivity index (χ3n) is 4.80. The highest BCUT2D eigenvalue weighted by atomic mass is 35.5. The van der Waals surface area contributed by atoms with E-state index in [1.54, 1.807) is 19.1 Å². The number of amides is 1. The highest BCUT2D eigenvalue weighted by Gasteiger charge is 2.24. The number of aromatic nitrogens is 2. The minimum atomic E-state index is -1.03. The number of carbonyl (C=O) groups excluding carboxylic acids is 1. The van der Waals surface area contributed by atoms with Gasteiger partial charge in [-0.1, -0.05) is 34.5 Å². The predicted octanol–water partition coefficient (Wildman–Crippen LogP) is 4.42. The maximum Gasteiger partial charge on any atom is 0.335 e. The van der Waals surface area contributed by atoms with E-state index in [9.17, 15) is 14.7 Å². The number of thiazole rings is 1. The number of ether oxygens (including phenoxy) is 1. The van der Waals surface area contributed by atoms with E-state index in [-0.39, 0.29) is 22.4 Å². The summed E-state index contributed by atoms with van der Waals surface area (Å²) < 4.78 is 6.25. The van der Waals surface area contributed by atoms with Crippen LogP contribution in [-0.4, -0.2) is 52.8 Å². The average molecular weight is 469 g/mol. The Labute approximate surface area is 185 Å². The van der Waals surface area contributed by atoms with Gasteiger partial charge in [0.15, 0.2) is 5.13 Å². The molecule has 0 radical (unpaired) electrons. The van der Waals surface area contributed by atoms with Gasteiger partial charge >= 0.3 is 5.97 Å². The number of benzene rings is 1. The van der Waals surface area contributed by atoms with E-state index in [1.807, 2.05) is 6.92 Å². The molecule has 11 heteroatoms. The predicted molar refractivity (Wildman–Crippen MR) is 118 cm³/mol. The number of carboxylic acids is 1. The molecule has 1 aliphatic heterocycles. The molecule has 0 bridgehead atoms. The second-order valence-electron chi connectivity index (χ2n) is 7.00. The Morgan fingerprint density at radius 3 is 2.77 bits per heavy atom. The largest absolute Gasteiger partial charge is 0.478 e. The zero-order valence-corrected chi connectivity index (χ0v) is 18.4. The first kappa shape index (κ1) is 20.9. The first-order valence-electron chi connectivity index (χ1n) is 9.14. The zero-order valence-electron chi connectivity index (χ0n) is 16.1. The van der Waals surface area contributed by atoms with E-state index in [4.69, 9.17) is 27.9 Å². The van der Waals surface area contributed by atoms with Crippen LogP contribution >= 0.6 is 34.5 Å². The molecule has 30 heavy (non-hydrogen) atoms. The third-order valence-corrected chi connectivity index (χ3v) is 6.67. The van der Waals surface area contributed by atoms with E-state index < -0.39 is 11.9 Å². The summed E-state index contributed by atoms with van der Waals surface area (Å²) in [5.74, 6) is -1.50. The van der Waals surface area contributed by atoms with Gasteiger partial charge in [-0.25, -0.2) is 9.78 Å². The number of fused-ring (bicyclic) bond motifs is 1. The van der Waals surface area contributed by atoms with E-state index in [0.717, 1.165) is 0 Å². The molecule has 2 aromatic heterocycles. The molecule has 158 valence electrons. The molecular formula is C19H18Cl2N4O4S. The Balaban J connectivity index is 1.72. The first-order valence-corrected chi connectivity index (χ1v) is 10.7. The summed E-state index contributed by atoms with van der Waals surface area (Å²) >= 11 is 13.4. The standard InChI is InChI=1S/C19H18Cl2N4O4S/c1-8-7-25(3-4-29-8)11-5-10(18(27)28)6-12-15(11)23-19(30-12)24-17(26)16-14(21)13(20)9(2)22-16/h5-6,8,22H,3-4,7H2,1-2H3,(H,27,28)(H,23,24,26). The Morgan fingerprint density at radius 1 is 1.37 bits per heavy atom. The third kappa shape index (κ3) is 3.85. The van der Waals surface area contributed by atoms with E-state index in [2.05, 4.69) is 20.2 Å². The van der Waals surface area contributed by atoms with Crippen LogP contribution in [0.2, 0.25) is 10.0 Å². The van der Waals surface area contributed by atoms with Crippen LogP contribution in [-0.2, 0) is 4.74 Å². The zero-order chi connectivity index (χ0) is 21.6. The average Bonchev–Trinajstić information content (AvgIpc) is 3.22. The molecule has 8 nitrogen and oxygen atoms in total. The number of hydrogen-bond acceptors (Lipinski definition) is 6. The number of carboxylic acid groups (broad SMARTS) is 1. The van der Waals surface area contributed by atoms with Crippen molar-refractivity contribution < 1.29 is 19.4 Å². The van der Waals surface area contributed by atoms with Crippen LogP contribution in [0.4, 0.5) is 10.8 Å². The molecule has 1 saturated heterocycles. The highest BCUT2D eigenvalue weighted by molar-refractivity contribution is 7.22. The quantitative estimate of drug-likeness (QED) is 0.523. The molecule has 0 aliphatic carbocycles. The van der Waals surface area contributed by atoms with Crippen molar-refractivity contribution in [2.45, 2.75) is 20.0 Å². The monoisotopic (exact) mass is 468 g/mol. The number of morpholine rings is 1. The maximum atomic E-state index is 12.6. The first-order chi connectivity index (χ1) is 14.2. The van der Waals surface area contributed by atoms with E-state index in [1.165, 1.54) is 11.3 Å². The van der Waals surface area contributed by atoms with Gasteiger partial charge in [-0.3, -0.25) is 10.1 Å². The number of nitrogens with one attached hydrogen (secondary N) is 2. The van der Waals surface area contributed by atoms with Gasteiger partial charge in [0, 0.05) is 18.8 Å². The summed E-state index contributed by atoms with van der Waals surface area (Å²) in [5, 5.41) is 13.0. The lowest BCUT2D eigenvalue weighted by atomic mass is 10.1. The van der Waals surface area contributed by atoms with Crippen LogP contribution < -0.4 is 10.2 Å². The van der Waals surface area contributed by atoms with Crippen LogP contribution in [0.3, 0.4) is 0 Å². The summed E-state index contributed by atoms with van der Waals surface area (Å²) in [6, 6.07) is 3.17. The number of rotatable bonds is 4. The van der Waals surface area contributed by atoms with Gasteiger partial charge in [0.25, 0.3) is 5.91 Å². The maximum absolute atomic E-state index is 12.6. The molecule has 0 spiro atoms. The minimum Gasteiger partial charge on any atom is -0.478 e. The van der Waals surface area contributed by atoms with Gasteiger partial charge in [0.05, 0.1) is 38.7 Å². The fourth-order valence-corrected chi connectivity index (χ4v) is 4.69. The van der Waals surface area contributed by atoms with Crippen molar-refractivity contribution in [3.63, 3.8) is 0 Å². The lowest BCUT2D eigenvalue weighted by molar-refractivity contribution is 0.0533. The topological polar surface area (TPSA) is 108 Å². The number of aromatic carboxylic acids is 1. The summed E-state index contributed by atoms with van der Waals surface area (Å²) in [6.07, 6.45) is 0.0168. The van der Waals surface area contributed by atoms with Crippen LogP contribution in [0.1, 0.15) is 33.5 Å². The Kier molecular flexibility index (Phi) is 5.63. The second kappa shape index (κ2) is 8.07. The van der Waals surface area contributed by atoms with Gasteiger partial charge in [0.2, 0.25) is 0 Å². The molecule has 1 atom stereocenters. The van der Waals surface area contributed by atoms with Gasteiger partial charge in [0.1, 0.15) is 11.2 Å². The molecule has 0 saturated carbocycles. The van der Waals surface area contributed by atoms with E-state index in [0.29, 0.717) is 51.4 Å². The van der Waals surface area contributed by atoms with Crippen LogP contribution in [0.25, 0.3) is 10.2 Å². The van der Waals surface area contributed by atoms with Gasteiger partial charge in [-0.05, 0) is 26.0 Å². The number of nitrogens with zero attached hydrogens (tertiary/aromatic N) is 2. The fraction of sp³-hybridized carbons (Fsp3) is 0.316. The molecule has 3 N–H and O–H groups in total. The van der Waals surface area contributed by atoms with Gasteiger partial charge in [-0.2, -0.15) is 0 Å². The SMILES string of the molecule is Cc1[nH]c(C(=O)Nc2nc3c(N4CCOC(C)C4)cc(C(=O)O)cc3s2)c(Cl)c1Cl. The summed E-state index contributed by atoms with van der Waals surface area (Å²) in [7, 11) is 0. The van der Waals surface area contributed by atoms with Crippen LogP contribution in [0.5, 0.6) is 0 Å². The Bertz CT molecular complexity index is 1160. The molecule has 4 rings (SSSR count). The minimum absolute atomic E-state index is 0.0168. The molecule has 1 aromatic carbocycles. The molecular weight excluding hydrogens is 451 g/mol. The summed E-state index contributed by atoms with van der Waals surface area (Å²) in [5.41, 5.74) is 2.22. The van der Waals surface area contributed by atoms with Crippen LogP contribution in [0, 0.1) is 6.92 Å². The molecule has 3 heterocycles. The van der Waals surface area contributed by atoms with Crippen LogP contribution in [0.15, 0.2) is 12.1 Å². The summed E-state index contributed by atoms with van der Waals surface area (Å²) in [4.78, 5) is 33.7. The van der Waals surface area contributed by atoms with Crippen molar-refractivity contribution in [3.8, 4) is 0 Å². The van der Waals surface area contributed by atoms with Crippen molar-refractivity contribution >= 4 is 67.5 Å². The molecule has 1 fully saturated rings. The number of hydrogen-bond donors (Lipinski definition) is 3. The van der Waals surface area contributed by atoms with E-state index >= 15 is 0 Å².